The molecule has 54 valence electrons. The van der Waals surface area contributed by atoms with E-state index in [1.807, 2.05) is 0 Å². The number of rotatable bonds is 0. The molecule has 0 amide bonds. The Morgan fingerprint density at radius 3 is 2.11 bits per heavy atom. The highest BCUT2D eigenvalue weighted by atomic mass is 19.3. The van der Waals surface area contributed by atoms with Gasteiger partial charge < -0.3 is 9.84 Å². The van der Waals surface area contributed by atoms with E-state index in [-0.39, 0.29) is 6.47 Å². The lowest BCUT2D eigenvalue weighted by molar-refractivity contribution is -0.122. The third-order valence-electron chi connectivity index (χ3n) is 0.230. The van der Waals surface area contributed by atoms with E-state index in [9.17, 15) is 9.32 Å². The average Bonchev–Trinajstić information content (AvgIpc) is 1.88. The molecule has 0 rings (SSSR count). The van der Waals surface area contributed by atoms with Gasteiger partial charge in [-0.3, -0.25) is 4.79 Å². The lowest BCUT2D eigenvalue weighted by Gasteiger charge is -1.83. The van der Waals surface area contributed by atoms with Crippen LogP contribution in [0.1, 0.15) is 0 Å². The number of halogens is 1. The van der Waals surface area contributed by atoms with E-state index in [0.29, 0.717) is 0 Å². The molecule has 0 aliphatic rings. The third kappa shape index (κ3) is 20.4. The molecule has 0 spiro atoms. The first-order valence-corrected chi connectivity index (χ1v) is 1.67. The summed E-state index contributed by atoms with van der Waals surface area (Å²) in [5, 5.41) is 6.89. The van der Waals surface area contributed by atoms with Crippen molar-refractivity contribution in [2.45, 2.75) is 0 Å². The number of hydrogen-bond donors (Lipinski definition) is 1. The zero-order chi connectivity index (χ0) is 7.70. The summed E-state index contributed by atoms with van der Waals surface area (Å²) >= 11 is 0. The number of carbonyl (C=O) groups excluding carboxylic acids is 1. The van der Waals surface area contributed by atoms with Gasteiger partial charge in [-0.15, -0.1) is 0 Å². The van der Waals surface area contributed by atoms with Gasteiger partial charge in [-0.2, -0.15) is 0 Å². The van der Waals surface area contributed by atoms with Crippen molar-refractivity contribution in [2.24, 2.45) is 0 Å². The van der Waals surface area contributed by atoms with Gasteiger partial charge >= 0.3 is 6.16 Å². The molecule has 0 bridgehead atoms. The maximum Gasteiger partial charge on any atom is 0.544 e. The number of hydrogen-bond acceptors (Lipinski definition) is 4. The van der Waals surface area contributed by atoms with Gasteiger partial charge in [0.2, 0.25) is 0 Å². The Balaban J connectivity index is 0. The average molecular weight is 140 g/mol. The fourth-order valence-electron chi connectivity index (χ4n) is 0.0315. The number of methoxy groups -OCH3 is 1. The molecule has 5 nitrogen and oxygen atoms in total. The van der Waals surface area contributed by atoms with Gasteiger partial charge in [0, 0.05) is 4.53 Å². The van der Waals surface area contributed by atoms with E-state index < -0.39 is 6.16 Å². The fourth-order valence-corrected chi connectivity index (χ4v) is 0.0315. The molecular formula is C3H5FO5. The maximum atomic E-state index is 10.4. The van der Waals surface area contributed by atoms with Gasteiger partial charge in [-0.25, -0.2) is 9.74 Å². The predicted octanol–water partition coefficient (Wildman–Crippen LogP) is 0.355. The van der Waals surface area contributed by atoms with Gasteiger partial charge in [0.1, 0.15) is 0 Å². The molecule has 0 heterocycles. The largest absolute Gasteiger partial charge is 0.544 e. The quantitative estimate of drug-likeness (QED) is 0.388. The normalized spacial score (nSPS) is 6.00. The van der Waals surface area contributed by atoms with Gasteiger partial charge in [-0.1, -0.05) is 0 Å². The van der Waals surface area contributed by atoms with Gasteiger partial charge in [0.15, 0.2) is 0 Å². The van der Waals surface area contributed by atoms with Crippen molar-refractivity contribution in [3.8, 4) is 0 Å². The Hall–Kier alpha value is -1.33. The molecule has 0 aliphatic heterocycles. The monoisotopic (exact) mass is 140 g/mol. The van der Waals surface area contributed by atoms with Crippen LogP contribution in [-0.4, -0.2) is 24.8 Å². The van der Waals surface area contributed by atoms with Crippen LogP contribution in [0.4, 0.5) is 9.32 Å². The minimum atomic E-state index is -1.32. The molecule has 0 saturated heterocycles. The van der Waals surface area contributed by atoms with Crippen LogP contribution in [0.15, 0.2) is 0 Å². The van der Waals surface area contributed by atoms with Crippen molar-refractivity contribution in [3.05, 3.63) is 0 Å². The van der Waals surface area contributed by atoms with Crippen LogP contribution >= 0.6 is 0 Å². The predicted molar refractivity (Wildman–Crippen MR) is 23.3 cm³/mol. The molecule has 0 aromatic rings. The second-order valence-corrected chi connectivity index (χ2v) is 0.637. The van der Waals surface area contributed by atoms with Crippen molar-refractivity contribution in [1.29, 1.82) is 0 Å². The Labute approximate surface area is 49.9 Å². The van der Waals surface area contributed by atoms with Gasteiger partial charge in [-0.05, 0) is 0 Å². The molecule has 0 atom stereocenters. The van der Waals surface area contributed by atoms with Crippen molar-refractivity contribution >= 4 is 12.6 Å². The van der Waals surface area contributed by atoms with Crippen LogP contribution in [0.25, 0.3) is 0 Å². The molecule has 0 aromatic carbocycles. The molecular weight excluding hydrogens is 135 g/mol. The standard InChI is InChI=1S/C2H3FO3.CH2O2/c1-5-2(4)6-3;2-1-3/h1H3;1H,(H,2,3). The highest BCUT2D eigenvalue weighted by Crippen LogP contribution is 1.77. The van der Waals surface area contributed by atoms with E-state index in [2.05, 4.69) is 9.68 Å². The molecule has 1 N–H and O–H groups in total. The van der Waals surface area contributed by atoms with Crippen LogP contribution in [0, 0.1) is 0 Å². The Kier molecular flexibility index (Phi) is 11.6. The zero-order valence-electron chi connectivity index (χ0n) is 4.54. The fraction of sp³-hybridized carbons (Fsp3) is 0.333. The Morgan fingerprint density at radius 1 is 1.78 bits per heavy atom. The second kappa shape index (κ2) is 9.83. The summed E-state index contributed by atoms with van der Waals surface area (Å²) in [6.07, 6.45) is -1.32. The Bertz CT molecular complexity index is 76.3. The van der Waals surface area contributed by atoms with Gasteiger partial charge in [0.05, 0.1) is 7.11 Å². The first-order chi connectivity index (χ1) is 4.22. The summed E-state index contributed by atoms with van der Waals surface area (Å²) < 4.78 is 14.1. The summed E-state index contributed by atoms with van der Waals surface area (Å²) in [5.74, 6) is 0. The summed E-state index contributed by atoms with van der Waals surface area (Å²) in [6.45, 7) is -0.250. The molecule has 0 aromatic heterocycles. The van der Waals surface area contributed by atoms with Crippen molar-refractivity contribution < 1.29 is 28.9 Å². The SMILES string of the molecule is COC(=O)OF.O=CO. The molecule has 0 unspecified atom stereocenters. The molecule has 6 heteroatoms. The number of carboxylic acid groups (broad SMARTS) is 1. The molecule has 9 heavy (non-hydrogen) atoms. The van der Waals surface area contributed by atoms with Crippen LogP contribution in [0.2, 0.25) is 0 Å². The highest BCUT2D eigenvalue weighted by molar-refractivity contribution is 5.58. The maximum absolute atomic E-state index is 10.4. The van der Waals surface area contributed by atoms with Crippen molar-refractivity contribution in [1.82, 2.24) is 0 Å². The lowest BCUT2D eigenvalue weighted by Crippen LogP contribution is -1.94. The van der Waals surface area contributed by atoms with E-state index in [1.165, 1.54) is 0 Å². The van der Waals surface area contributed by atoms with E-state index in [4.69, 9.17) is 9.90 Å². The van der Waals surface area contributed by atoms with Crippen LogP contribution in [-0.2, 0) is 14.5 Å². The zero-order valence-corrected chi connectivity index (χ0v) is 4.54. The Morgan fingerprint density at radius 2 is 2.11 bits per heavy atom. The van der Waals surface area contributed by atoms with Crippen molar-refractivity contribution in [2.75, 3.05) is 7.11 Å². The second-order valence-electron chi connectivity index (χ2n) is 0.637. The first-order valence-electron chi connectivity index (χ1n) is 1.67. The van der Waals surface area contributed by atoms with Crippen molar-refractivity contribution in [3.63, 3.8) is 0 Å². The summed E-state index contributed by atoms with van der Waals surface area (Å²) in [7, 11) is 1.02. The minimum absolute atomic E-state index is 0.250. The lowest BCUT2D eigenvalue weighted by atomic mass is 11.4. The topological polar surface area (TPSA) is 72.8 Å². The van der Waals surface area contributed by atoms with Crippen LogP contribution < -0.4 is 0 Å². The van der Waals surface area contributed by atoms with Crippen LogP contribution in [0.5, 0.6) is 0 Å². The van der Waals surface area contributed by atoms with Crippen LogP contribution in [0.3, 0.4) is 0 Å². The minimum Gasteiger partial charge on any atom is -0.483 e. The van der Waals surface area contributed by atoms with E-state index >= 15 is 0 Å². The first kappa shape index (κ1) is 10.6. The molecule has 0 aliphatic carbocycles. The number of carbonyl (C=O) groups is 2. The summed E-state index contributed by atoms with van der Waals surface area (Å²) in [5.41, 5.74) is 0. The summed E-state index contributed by atoms with van der Waals surface area (Å²) in [4.78, 5) is 20.3. The number of ether oxygens (including phenoxy) is 1. The molecule has 0 saturated carbocycles. The van der Waals surface area contributed by atoms with E-state index in [1.54, 1.807) is 0 Å². The van der Waals surface area contributed by atoms with Gasteiger partial charge in [0.25, 0.3) is 6.47 Å². The molecule has 0 radical (unpaired) electrons. The highest BCUT2D eigenvalue weighted by Gasteiger charge is 1.94. The summed E-state index contributed by atoms with van der Waals surface area (Å²) in [6, 6.07) is 0. The smallest absolute Gasteiger partial charge is 0.483 e. The molecule has 0 fully saturated rings. The third-order valence-corrected chi connectivity index (χ3v) is 0.230. The van der Waals surface area contributed by atoms with E-state index in [0.717, 1.165) is 7.11 Å².